The monoisotopic (exact) mass is 349 g/mol. The number of hydrazine groups is 1. The van der Waals surface area contributed by atoms with Crippen LogP contribution in [-0.2, 0) is 9.59 Å². The van der Waals surface area contributed by atoms with E-state index in [1.807, 2.05) is 32.9 Å². The van der Waals surface area contributed by atoms with Crippen molar-refractivity contribution in [1.29, 1.82) is 0 Å². The number of thioether (sulfide) groups is 1. The lowest BCUT2D eigenvalue weighted by Crippen LogP contribution is -2.53. The molecule has 24 heavy (non-hydrogen) atoms. The van der Waals surface area contributed by atoms with Crippen LogP contribution in [-0.4, -0.2) is 40.3 Å². The van der Waals surface area contributed by atoms with Crippen molar-refractivity contribution >= 4 is 29.5 Å². The summed E-state index contributed by atoms with van der Waals surface area (Å²) in [4.78, 5) is 38.4. The zero-order valence-corrected chi connectivity index (χ0v) is 15.0. The molecule has 0 bridgehead atoms. The highest BCUT2D eigenvalue weighted by atomic mass is 32.2. The average molecular weight is 349 g/mol. The fourth-order valence-corrected chi connectivity index (χ4v) is 3.60. The van der Waals surface area contributed by atoms with Crippen LogP contribution in [0.3, 0.4) is 0 Å². The van der Waals surface area contributed by atoms with Gasteiger partial charge in [0.2, 0.25) is 5.91 Å². The van der Waals surface area contributed by atoms with Crippen molar-refractivity contribution in [2.24, 2.45) is 5.92 Å². The van der Waals surface area contributed by atoms with Crippen molar-refractivity contribution in [3.05, 3.63) is 35.4 Å². The van der Waals surface area contributed by atoms with Gasteiger partial charge >= 0.3 is 0 Å². The molecular weight excluding hydrogens is 326 g/mol. The second-order valence-corrected chi connectivity index (χ2v) is 6.89. The number of carbonyl (C=O) groups excluding carboxylic acids is 3. The van der Waals surface area contributed by atoms with Crippen LogP contribution in [0.1, 0.15) is 36.2 Å². The molecule has 1 aromatic rings. The summed E-state index contributed by atoms with van der Waals surface area (Å²) in [5.74, 6) is 0.181. The summed E-state index contributed by atoms with van der Waals surface area (Å²) in [6.07, 6.45) is 0.734. The SMILES string of the molecule is CC[C@H](C)C(=O)N1CSC[C@H]1C(=O)NNC(=O)c1ccccc1C. The molecule has 0 radical (unpaired) electrons. The Bertz CT molecular complexity index is 635. The third-order valence-electron chi connectivity index (χ3n) is 4.19. The molecule has 0 aromatic heterocycles. The van der Waals surface area contributed by atoms with Crippen LogP contribution in [0.2, 0.25) is 0 Å². The Kier molecular flexibility index (Phi) is 6.25. The van der Waals surface area contributed by atoms with Gasteiger partial charge in [-0.1, -0.05) is 32.0 Å². The standard InChI is InChI=1S/C17H23N3O3S/c1-4-11(2)17(23)20-10-24-9-14(20)16(22)19-18-15(21)13-8-6-5-7-12(13)3/h5-8,11,14H,4,9-10H2,1-3H3,(H,18,21)(H,19,22)/t11-,14-/m0/s1. The van der Waals surface area contributed by atoms with E-state index in [9.17, 15) is 14.4 Å². The van der Waals surface area contributed by atoms with E-state index in [1.165, 1.54) is 11.8 Å². The van der Waals surface area contributed by atoms with Gasteiger partial charge in [-0.05, 0) is 25.0 Å². The first-order valence-electron chi connectivity index (χ1n) is 7.99. The van der Waals surface area contributed by atoms with Gasteiger partial charge in [0, 0.05) is 17.2 Å². The molecule has 7 heteroatoms. The van der Waals surface area contributed by atoms with Crippen LogP contribution in [0.5, 0.6) is 0 Å². The fraction of sp³-hybridized carbons (Fsp3) is 0.471. The summed E-state index contributed by atoms with van der Waals surface area (Å²) in [5, 5.41) is 0. The Morgan fingerprint density at radius 3 is 2.67 bits per heavy atom. The first-order chi connectivity index (χ1) is 11.5. The van der Waals surface area contributed by atoms with Gasteiger partial charge in [0.05, 0.1) is 5.88 Å². The van der Waals surface area contributed by atoms with Gasteiger partial charge in [-0.25, -0.2) is 0 Å². The molecule has 0 aliphatic carbocycles. The Labute approximate surface area is 146 Å². The molecule has 1 fully saturated rings. The first-order valence-corrected chi connectivity index (χ1v) is 9.15. The van der Waals surface area contributed by atoms with E-state index in [1.54, 1.807) is 17.0 Å². The maximum absolute atomic E-state index is 12.4. The number of rotatable bonds is 4. The summed E-state index contributed by atoms with van der Waals surface area (Å²) in [6.45, 7) is 5.64. The van der Waals surface area contributed by atoms with Crippen molar-refractivity contribution < 1.29 is 14.4 Å². The minimum atomic E-state index is -0.548. The Morgan fingerprint density at radius 1 is 1.29 bits per heavy atom. The Morgan fingerprint density at radius 2 is 2.00 bits per heavy atom. The lowest BCUT2D eigenvalue weighted by atomic mass is 10.1. The largest absolute Gasteiger partial charge is 0.320 e. The summed E-state index contributed by atoms with van der Waals surface area (Å²) < 4.78 is 0. The molecule has 1 aliphatic heterocycles. The molecule has 0 unspecified atom stereocenters. The lowest BCUT2D eigenvalue weighted by Gasteiger charge is -2.25. The van der Waals surface area contributed by atoms with E-state index in [0.29, 0.717) is 17.2 Å². The van der Waals surface area contributed by atoms with Crippen molar-refractivity contribution in [3.63, 3.8) is 0 Å². The lowest BCUT2D eigenvalue weighted by molar-refractivity contribution is -0.141. The summed E-state index contributed by atoms with van der Waals surface area (Å²) in [6, 6.07) is 6.59. The summed E-state index contributed by atoms with van der Waals surface area (Å²) >= 11 is 1.54. The summed E-state index contributed by atoms with van der Waals surface area (Å²) in [5.41, 5.74) is 6.21. The maximum atomic E-state index is 12.4. The van der Waals surface area contributed by atoms with Gasteiger partial charge in [0.1, 0.15) is 6.04 Å². The molecule has 2 rings (SSSR count). The number of amides is 3. The molecule has 1 aromatic carbocycles. The number of benzene rings is 1. The van der Waals surface area contributed by atoms with Gasteiger partial charge in [0.25, 0.3) is 11.8 Å². The molecule has 130 valence electrons. The van der Waals surface area contributed by atoms with E-state index in [0.717, 1.165) is 12.0 Å². The van der Waals surface area contributed by atoms with Gasteiger partial charge in [-0.2, -0.15) is 0 Å². The van der Waals surface area contributed by atoms with E-state index in [2.05, 4.69) is 10.9 Å². The van der Waals surface area contributed by atoms with Gasteiger partial charge < -0.3 is 4.90 Å². The number of hydrogen-bond acceptors (Lipinski definition) is 4. The van der Waals surface area contributed by atoms with Crippen LogP contribution in [0.25, 0.3) is 0 Å². The van der Waals surface area contributed by atoms with Crippen LogP contribution in [0.4, 0.5) is 0 Å². The maximum Gasteiger partial charge on any atom is 0.269 e. The molecule has 0 saturated carbocycles. The van der Waals surface area contributed by atoms with Crippen LogP contribution in [0, 0.1) is 12.8 Å². The fourth-order valence-electron chi connectivity index (χ4n) is 2.43. The predicted octanol–water partition coefficient (Wildman–Crippen LogP) is 1.70. The van der Waals surface area contributed by atoms with Crippen LogP contribution in [0.15, 0.2) is 24.3 Å². The quantitative estimate of drug-likeness (QED) is 0.811. The minimum absolute atomic E-state index is 0.0205. The molecule has 0 spiro atoms. The Balaban J connectivity index is 1.95. The molecule has 3 amide bonds. The third-order valence-corrected chi connectivity index (χ3v) is 5.20. The minimum Gasteiger partial charge on any atom is -0.320 e. The van der Waals surface area contributed by atoms with Crippen molar-refractivity contribution in [1.82, 2.24) is 15.8 Å². The van der Waals surface area contributed by atoms with Gasteiger partial charge in [0.15, 0.2) is 0 Å². The molecule has 1 saturated heterocycles. The summed E-state index contributed by atoms with van der Waals surface area (Å²) in [7, 11) is 0. The third kappa shape index (κ3) is 4.08. The normalized spacial score (nSPS) is 18.1. The number of hydrogen-bond donors (Lipinski definition) is 2. The van der Waals surface area contributed by atoms with Gasteiger partial charge in [-0.3, -0.25) is 25.2 Å². The highest BCUT2D eigenvalue weighted by Crippen LogP contribution is 2.23. The van der Waals surface area contributed by atoms with E-state index in [4.69, 9.17) is 0 Å². The molecular formula is C17H23N3O3S. The highest BCUT2D eigenvalue weighted by molar-refractivity contribution is 7.99. The van der Waals surface area contributed by atoms with Crippen molar-refractivity contribution in [3.8, 4) is 0 Å². The van der Waals surface area contributed by atoms with Crippen LogP contribution >= 0.6 is 11.8 Å². The number of carbonyl (C=O) groups is 3. The number of nitrogens with zero attached hydrogens (tertiary/aromatic N) is 1. The Hall–Kier alpha value is -2.02. The van der Waals surface area contributed by atoms with Gasteiger partial charge in [-0.15, -0.1) is 11.8 Å². The first kappa shape index (κ1) is 18.3. The topological polar surface area (TPSA) is 78.5 Å². The smallest absolute Gasteiger partial charge is 0.269 e. The van der Waals surface area contributed by atoms with Crippen molar-refractivity contribution in [2.75, 3.05) is 11.6 Å². The zero-order valence-electron chi connectivity index (χ0n) is 14.2. The second kappa shape index (κ2) is 8.19. The average Bonchev–Trinajstić information content (AvgIpc) is 3.08. The van der Waals surface area contributed by atoms with Crippen molar-refractivity contribution in [2.45, 2.75) is 33.2 Å². The second-order valence-electron chi connectivity index (χ2n) is 5.89. The predicted molar refractivity (Wildman–Crippen MR) is 94.2 cm³/mol. The molecule has 2 atom stereocenters. The van der Waals surface area contributed by atoms with Crippen LogP contribution < -0.4 is 10.9 Å². The molecule has 2 N–H and O–H groups in total. The van der Waals surface area contributed by atoms with E-state index < -0.39 is 6.04 Å². The highest BCUT2D eigenvalue weighted by Gasteiger charge is 2.36. The molecule has 1 aliphatic rings. The number of aryl methyl sites for hydroxylation is 1. The van der Waals surface area contributed by atoms with E-state index in [-0.39, 0.29) is 23.6 Å². The molecule has 1 heterocycles. The number of nitrogens with one attached hydrogen (secondary N) is 2. The van der Waals surface area contributed by atoms with E-state index >= 15 is 0 Å². The molecule has 6 nitrogen and oxygen atoms in total. The zero-order chi connectivity index (χ0) is 17.7.